The summed E-state index contributed by atoms with van der Waals surface area (Å²) >= 11 is 3.62. The highest BCUT2D eigenvalue weighted by Gasteiger charge is 2.40. The largest absolute Gasteiger partial charge is 0.424 e. The molecule has 0 radical (unpaired) electrons. The molecule has 1 saturated carbocycles. The zero-order valence-corrected chi connectivity index (χ0v) is 8.60. The average molecular weight is 231 g/mol. The van der Waals surface area contributed by atoms with Gasteiger partial charge in [0.1, 0.15) is 4.32 Å². The first-order valence-corrected chi connectivity index (χ1v) is 5.06. The fraction of sp³-hybridized carbons (Fsp3) is 0.750. The van der Waals surface area contributed by atoms with Crippen LogP contribution in [0.3, 0.4) is 0 Å². The third-order valence-corrected chi connectivity index (χ3v) is 3.43. The SMILES string of the molecule is CCc1nnc(C2(Br)CCC2)o1. The van der Waals surface area contributed by atoms with Gasteiger partial charge in [-0.1, -0.05) is 22.9 Å². The number of hydrogen-bond donors (Lipinski definition) is 0. The molecule has 3 nitrogen and oxygen atoms in total. The number of aryl methyl sites for hydroxylation is 1. The van der Waals surface area contributed by atoms with Crippen LogP contribution in [0.25, 0.3) is 0 Å². The molecule has 0 bridgehead atoms. The van der Waals surface area contributed by atoms with Crippen molar-refractivity contribution in [1.82, 2.24) is 10.2 Å². The van der Waals surface area contributed by atoms with E-state index in [-0.39, 0.29) is 4.32 Å². The summed E-state index contributed by atoms with van der Waals surface area (Å²) in [5, 5.41) is 7.95. The topological polar surface area (TPSA) is 38.9 Å². The molecule has 0 aliphatic heterocycles. The lowest BCUT2D eigenvalue weighted by Gasteiger charge is -2.32. The van der Waals surface area contributed by atoms with E-state index in [9.17, 15) is 0 Å². The van der Waals surface area contributed by atoms with Crippen molar-refractivity contribution in [2.75, 3.05) is 0 Å². The molecule has 0 unspecified atom stereocenters. The second-order valence-corrected chi connectivity index (χ2v) is 4.69. The van der Waals surface area contributed by atoms with E-state index in [4.69, 9.17) is 4.42 Å². The standard InChI is InChI=1S/C8H11BrN2O/c1-2-6-10-11-7(12-6)8(9)4-3-5-8/h2-5H2,1H3. The Bertz CT molecular complexity index is 280. The summed E-state index contributed by atoms with van der Waals surface area (Å²) in [6.45, 7) is 2.01. The highest BCUT2D eigenvalue weighted by Crippen LogP contribution is 2.48. The highest BCUT2D eigenvalue weighted by atomic mass is 79.9. The number of rotatable bonds is 2. The Labute approximate surface area is 79.7 Å². The van der Waals surface area contributed by atoms with Gasteiger partial charge in [0.15, 0.2) is 0 Å². The van der Waals surface area contributed by atoms with Crippen molar-refractivity contribution in [3.8, 4) is 0 Å². The van der Waals surface area contributed by atoms with E-state index in [2.05, 4.69) is 26.1 Å². The van der Waals surface area contributed by atoms with Crippen LogP contribution in [0.4, 0.5) is 0 Å². The fourth-order valence-corrected chi connectivity index (χ4v) is 2.00. The highest BCUT2D eigenvalue weighted by molar-refractivity contribution is 9.09. The Balaban J connectivity index is 2.22. The van der Waals surface area contributed by atoms with E-state index in [0.29, 0.717) is 0 Å². The Kier molecular flexibility index (Phi) is 1.94. The summed E-state index contributed by atoms with van der Waals surface area (Å²) in [6.07, 6.45) is 4.28. The quantitative estimate of drug-likeness (QED) is 0.733. The molecule has 0 spiro atoms. The molecule has 1 aromatic rings. The Morgan fingerprint density at radius 3 is 2.67 bits per heavy atom. The summed E-state index contributed by atoms with van der Waals surface area (Å²) in [5.41, 5.74) is 0. The van der Waals surface area contributed by atoms with Gasteiger partial charge >= 0.3 is 0 Å². The van der Waals surface area contributed by atoms with E-state index in [1.165, 1.54) is 6.42 Å². The van der Waals surface area contributed by atoms with Crippen LogP contribution in [0.15, 0.2) is 4.42 Å². The molecule has 0 N–H and O–H groups in total. The van der Waals surface area contributed by atoms with E-state index in [0.717, 1.165) is 31.0 Å². The molecule has 0 amide bonds. The van der Waals surface area contributed by atoms with E-state index < -0.39 is 0 Å². The van der Waals surface area contributed by atoms with Crippen molar-refractivity contribution in [2.45, 2.75) is 36.9 Å². The predicted octanol–water partition coefficient (Wildman–Crippen LogP) is 2.41. The molecule has 4 heteroatoms. The number of hydrogen-bond acceptors (Lipinski definition) is 3. The molecule has 1 aromatic heterocycles. The predicted molar refractivity (Wildman–Crippen MR) is 48.1 cm³/mol. The van der Waals surface area contributed by atoms with Gasteiger partial charge in [-0.15, -0.1) is 10.2 Å². The minimum atomic E-state index is 0.00736. The van der Waals surface area contributed by atoms with Crippen LogP contribution < -0.4 is 0 Å². The van der Waals surface area contributed by atoms with Gasteiger partial charge in [-0.2, -0.15) is 0 Å². The van der Waals surface area contributed by atoms with Gasteiger partial charge < -0.3 is 4.42 Å². The lowest BCUT2D eigenvalue weighted by Crippen LogP contribution is -2.27. The summed E-state index contributed by atoms with van der Waals surface area (Å²) in [6, 6.07) is 0. The van der Waals surface area contributed by atoms with Crippen molar-refractivity contribution in [2.24, 2.45) is 0 Å². The molecule has 66 valence electrons. The first kappa shape index (κ1) is 8.23. The smallest absolute Gasteiger partial charge is 0.233 e. The average Bonchev–Trinajstić information content (AvgIpc) is 2.48. The van der Waals surface area contributed by atoms with Crippen LogP contribution in [-0.2, 0) is 10.7 Å². The van der Waals surface area contributed by atoms with E-state index in [1.807, 2.05) is 6.92 Å². The maximum atomic E-state index is 5.47. The normalized spacial score (nSPS) is 20.5. The molecule has 0 saturated heterocycles. The molecule has 1 fully saturated rings. The van der Waals surface area contributed by atoms with Gasteiger partial charge in [-0.05, 0) is 19.3 Å². The van der Waals surface area contributed by atoms with Crippen LogP contribution in [-0.4, -0.2) is 10.2 Å². The molecule has 2 rings (SSSR count). The second kappa shape index (κ2) is 2.83. The monoisotopic (exact) mass is 230 g/mol. The van der Waals surface area contributed by atoms with Crippen molar-refractivity contribution >= 4 is 15.9 Å². The molecule has 12 heavy (non-hydrogen) atoms. The van der Waals surface area contributed by atoms with Crippen molar-refractivity contribution < 1.29 is 4.42 Å². The van der Waals surface area contributed by atoms with Crippen LogP contribution in [0.5, 0.6) is 0 Å². The van der Waals surface area contributed by atoms with Crippen molar-refractivity contribution in [3.05, 3.63) is 11.8 Å². The van der Waals surface area contributed by atoms with Gasteiger partial charge in [-0.3, -0.25) is 0 Å². The Morgan fingerprint density at radius 2 is 2.25 bits per heavy atom. The molecule has 1 heterocycles. The van der Waals surface area contributed by atoms with Crippen LogP contribution >= 0.6 is 15.9 Å². The van der Waals surface area contributed by atoms with Gasteiger partial charge in [0.25, 0.3) is 0 Å². The van der Waals surface area contributed by atoms with E-state index in [1.54, 1.807) is 0 Å². The third kappa shape index (κ3) is 1.18. The van der Waals surface area contributed by atoms with Crippen molar-refractivity contribution in [3.63, 3.8) is 0 Å². The van der Waals surface area contributed by atoms with Crippen LogP contribution in [0.2, 0.25) is 0 Å². The van der Waals surface area contributed by atoms with Crippen molar-refractivity contribution in [1.29, 1.82) is 0 Å². The molecular formula is C8H11BrN2O. The molecule has 0 atom stereocenters. The molecular weight excluding hydrogens is 220 g/mol. The minimum Gasteiger partial charge on any atom is -0.424 e. The third-order valence-electron chi connectivity index (χ3n) is 2.30. The number of aromatic nitrogens is 2. The zero-order valence-electron chi connectivity index (χ0n) is 7.01. The molecule has 1 aliphatic carbocycles. The van der Waals surface area contributed by atoms with Crippen LogP contribution in [0.1, 0.15) is 38.0 Å². The van der Waals surface area contributed by atoms with Gasteiger partial charge in [0, 0.05) is 6.42 Å². The van der Waals surface area contributed by atoms with Gasteiger partial charge in [0.05, 0.1) is 0 Å². The maximum absolute atomic E-state index is 5.47. The number of nitrogens with zero attached hydrogens (tertiary/aromatic N) is 2. The Hall–Kier alpha value is -0.380. The fourth-order valence-electron chi connectivity index (χ4n) is 1.28. The summed E-state index contributed by atoms with van der Waals surface area (Å²) < 4.78 is 5.48. The number of alkyl halides is 1. The minimum absolute atomic E-state index is 0.00736. The summed E-state index contributed by atoms with van der Waals surface area (Å²) in [5.74, 6) is 1.49. The molecule has 0 aromatic carbocycles. The molecule has 1 aliphatic rings. The van der Waals surface area contributed by atoms with Crippen LogP contribution in [0, 0.1) is 0 Å². The van der Waals surface area contributed by atoms with Gasteiger partial charge in [-0.25, -0.2) is 0 Å². The lowest BCUT2D eigenvalue weighted by molar-refractivity contribution is 0.298. The summed E-state index contributed by atoms with van der Waals surface area (Å²) in [4.78, 5) is 0. The second-order valence-electron chi connectivity index (χ2n) is 3.17. The van der Waals surface area contributed by atoms with E-state index >= 15 is 0 Å². The lowest BCUT2D eigenvalue weighted by atomic mass is 9.85. The first-order valence-electron chi connectivity index (χ1n) is 4.26. The number of halogens is 1. The Morgan fingerprint density at radius 1 is 1.50 bits per heavy atom. The maximum Gasteiger partial charge on any atom is 0.233 e. The van der Waals surface area contributed by atoms with Gasteiger partial charge in [0.2, 0.25) is 11.8 Å². The summed E-state index contributed by atoms with van der Waals surface area (Å²) in [7, 11) is 0. The first-order chi connectivity index (χ1) is 5.74. The zero-order chi connectivity index (χ0) is 8.60.